The second-order valence-corrected chi connectivity index (χ2v) is 8.98. The van der Waals surface area contributed by atoms with Crippen molar-refractivity contribution < 1.29 is 42.5 Å². The summed E-state index contributed by atoms with van der Waals surface area (Å²) in [5.74, 6) is 0. The van der Waals surface area contributed by atoms with Crippen molar-refractivity contribution in [2.24, 2.45) is 19.6 Å². The van der Waals surface area contributed by atoms with E-state index in [1.54, 1.807) is 24.3 Å². The third-order valence-corrected chi connectivity index (χ3v) is 5.53. The minimum atomic E-state index is -4.65. The van der Waals surface area contributed by atoms with Crippen molar-refractivity contribution in [3.8, 4) is 0 Å². The zero-order chi connectivity index (χ0) is 21.8. The van der Waals surface area contributed by atoms with Gasteiger partial charge in [0.1, 0.15) is 0 Å². The smallest absolute Gasteiger partial charge is 0.728 e. The molecule has 0 aromatic heterocycles. The number of aliphatic imine (C=N–C) groups is 2. The quantitative estimate of drug-likeness (QED) is 0.292. The van der Waals surface area contributed by atoms with Crippen LogP contribution in [0, 0.1) is 0 Å². The third-order valence-electron chi connectivity index (χ3n) is 5.25. The standard InChI is InChI=1S/C13H22N2.C8H11N3O3S.Na/c1-3-7-12(8-4-1)14-11-15-13-9-5-2-6-10-13;1-11(2)8-5-3-7(4-6-8)9-10-15(12,13)14;/h12-13H,1-10H2;3-6H,1-2H3,(H,12,13,14);/q;;+1/p-1/b;10-9+;. The van der Waals surface area contributed by atoms with Crippen LogP contribution < -0.4 is 34.5 Å². The summed E-state index contributed by atoms with van der Waals surface area (Å²) in [6.45, 7) is 0. The van der Waals surface area contributed by atoms with E-state index >= 15 is 0 Å². The summed E-state index contributed by atoms with van der Waals surface area (Å²) in [6.07, 6.45) is 13.2. The van der Waals surface area contributed by atoms with Crippen LogP contribution in [0.2, 0.25) is 0 Å². The van der Waals surface area contributed by atoms with Crippen LogP contribution >= 0.6 is 0 Å². The van der Waals surface area contributed by atoms with Crippen LogP contribution in [-0.2, 0) is 10.3 Å². The Morgan fingerprint density at radius 2 is 1.32 bits per heavy atom. The fourth-order valence-electron chi connectivity index (χ4n) is 3.53. The van der Waals surface area contributed by atoms with Gasteiger partial charge in [0.05, 0.1) is 23.8 Å². The van der Waals surface area contributed by atoms with Crippen LogP contribution in [0.15, 0.2) is 43.9 Å². The summed E-state index contributed by atoms with van der Waals surface area (Å²) in [4.78, 5) is 10.8. The first-order chi connectivity index (χ1) is 14.3. The number of anilines is 1. The van der Waals surface area contributed by atoms with Crippen molar-refractivity contribution in [3.63, 3.8) is 0 Å². The maximum absolute atomic E-state index is 10.2. The number of nitrogens with zero attached hydrogens (tertiary/aromatic N) is 5. The van der Waals surface area contributed by atoms with E-state index in [-0.39, 0.29) is 29.6 Å². The third kappa shape index (κ3) is 12.5. The number of hydrogen-bond donors (Lipinski definition) is 0. The maximum Gasteiger partial charge on any atom is 1.00 e. The van der Waals surface area contributed by atoms with Gasteiger partial charge in [-0.15, -0.1) is 5.11 Å². The molecule has 10 heteroatoms. The molecular formula is C21H32N5NaO3S. The Morgan fingerprint density at radius 3 is 1.71 bits per heavy atom. The van der Waals surface area contributed by atoms with Crippen molar-refractivity contribution in [2.45, 2.75) is 76.3 Å². The molecule has 2 aliphatic rings. The molecule has 0 N–H and O–H groups in total. The Morgan fingerprint density at radius 1 is 0.871 bits per heavy atom. The molecule has 31 heavy (non-hydrogen) atoms. The van der Waals surface area contributed by atoms with Crippen LogP contribution in [0.1, 0.15) is 64.2 Å². The molecule has 166 valence electrons. The predicted molar refractivity (Wildman–Crippen MR) is 119 cm³/mol. The summed E-state index contributed by atoms with van der Waals surface area (Å²) in [7, 11) is -0.904. The molecule has 8 nitrogen and oxygen atoms in total. The Kier molecular flexibility index (Phi) is 13.4. The average molecular weight is 458 g/mol. The van der Waals surface area contributed by atoms with Gasteiger partial charge >= 0.3 is 29.6 Å². The summed E-state index contributed by atoms with van der Waals surface area (Å²) in [5.41, 5.74) is 1.26. The molecule has 0 radical (unpaired) electrons. The number of benzene rings is 1. The van der Waals surface area contributed by atoms with E-state index in [1.807, 2.05) is 19.0 Å². The average Bonchev–Trinajstić information content (AvgIpc) is 2.74. The zero-order valence-corrected chi connectivity index (χ0v) is 21.7. The molecule has 2 saturated carbocycles. The van der Waals surface area contributed by atoms with Crippen molar-refractivity contribution in [1.29, 1.82) is 0 Å². The van der Waals surface area contributed by atoms with Gasteiger partial charge in [-0.3, -0.25) is 0 Å². The van der Waals surface area contributed by atoms with Gasteiger partial charge in [-0.2, -0.15) is 0 Å². The molecule has 0 aliphatic heterocycles. The van der Waals surface area contributed by atoms with Crippen molar-refractivity contribution in [2.75, 3.05) is 19.0 Å². The topological polar surface area (TPSA) is 110 Å². The molecule has 1 aromatic rings. The summed E-state index contributed by atoms with van der Waals surface area (Å²) in [6, 6.07) is 10.7. The Labute approximate surface area is 208 Å². The van der Waals surface area contributed by atoms with E-state index in [2.05, 4.69) is 25.6 Å². The van der Waals surface area contributed by atoms with Gasteiger partial charge in [-0.1, -0.05) is 43.0 Å². The summed E-state index contributed by atoms with van der Waals surface area (Å²) in [5, 5.41) is 3.28. The largest absolute Gasteiger partial charge is 1.00 e. The first kappa shape index (κ1) is 27.9. The van der Waals surface area contributed by atoms with Crippen LogP contribution in [-0.4, -0.2) is 45.2 Å². The van der Waals surface area contributed by atoms with Crippen LogP contribution in [0.4, 0.5) is 11.4 Å². The maximum atomic E-state index is 10.2. The van der Waals surface area contributed by atoms with Crippen molar-refractivity contribution in [1.82, 2.24) is 0 Å². The van der Waals surface area contributed by atoms with Gasteiger partial charge in [-0.25, -0.2) is 18.4 Å². The molecular weight excluding hydrogens is 425 g/mol. The van der Waals surface area contributed by atoms with Gasteiger partial charge in [0.2, 0.25) is 10.3 Å². The minimum Gasteiger partial charge on any atom is -0.728 e. The van der Waals surface area contributed by atoms with E-state index in [4.69, 9.17) is 0 Å². The molecule has 0 heterocycles. The minimum absolute atomic E-state index is 0. The molecule has 0 amide bonds. The summed E-state index contributed by atoms with van der Waals surface area (Å²) >= 11 is 0. The molecule has 0 spiro atoms. The fourth-order valence-corrected chi connectivity index (χ4v) is 3.73. The Bertz CT molecular complexity index is 803. The van der Waals surface area contributed by atoms with Crippen LogP contribution in [0.25, 0.3) is 0 Å². The second-order valence-electron chi connectivity index (χ2n) is 7.96. The molecule has 1 aromatic carbocycles. The molecule has 2 fully saturated rings. The van der Waals surface area contributed by atoms with Gasteiger partial charge < -0.3 is 9.45 Å². The molecule has 0 unspecified atom stereocenters. The molecule has 0 saturated heterocycles. The monoisotopic (exact) mass is 457 g/mol. The van der Waals surface area contributed by atoms with E-state index in [9.17, 15) is 13.0 Å². The van der Waals surface area contributed by atoms with Gasteiger partial charge in [-0.05, 0) is 49.9 Å². The van der Waals surface area contributed by atoms with Crippen LogP contribution in [0.3, 0.4) is 0 Å². The molecule has 2 aliphatic carbocycles. The van der Waals surface area contributed by atoms with Crippen molar-refractivity contribution >= 4 is 27.7 Å². The van der Waals surface area contributed by atoms with Gasteiger partial charge in [0.15, 0.2) is 0 Å². The van der Waals surface area contributed by atoms with Crippen LogP contribution in [0.5, 0.6) is 0 Å². The SMILES string of the molecule is C(=NC1CCCCC1)=NC1CCCCC1.CN(C)c1ccc(/N=N/S(=O)(=O)[O-])cc1.[Na+]. The van der Waals surface area contributed by atoms with Crippen molar-refractivity contribution in [3.05, 3.63) is 24.3 Å². The first-order valence-electron chi connectivity index (χ1n) is 10.6. The van der Waals surface area contributed by atoms with E-state index in [0.717, 1.165) is 5.69 Å². The normalized spacial score (nSPS) is 17.6. The molecule has 0 bridgehead atoms. The fraction of sp³-hybridized carbons (Fsp3) is 0.667. The molecule has 0 atom stereocenters. The van der Waals surface area contributed by atoms with Gasteiger partial charge in [0, 0.05) is 19.8 Å². The predicted octanol–water partition coefficient (Wildman–Crippen LogP) is 2.13. The van der Waals surface area contributed by atoms with E-state index in [0.29, 0.717) is 17.8 Å². The number of hydrogen-bond acceptors (Lipinski definition) is 7. The second kappa shape index (κ2) is 14.9. The Balaban J connectivity index is 0.000000300. The summed E-state index contributed by atoms with van der Waals surface area (Å²) < 4.78 is 33.1. The molecule has 3 rings (SSSR count). The Hall–Kier alpha value is -1.09. The van der Waals surface area contributed by atoms with E-state index in [1.165, 1.54) is 64.2 Å². The zero-order valence-electron chi connectivity index (χ0n) is 18.9. The van der Waals surface area contributed by atoms with E-state index < -0.39 is 10.3 Å². The first-order valence-corrected chi connectivity index (χ1v) is 12.0. The van der Waals surface area contributed by atoms with Gasteiger partial charge in [0.25, 0.3) is 0 Å². The number of rotatable bonds is 5.